The van der Waals surface area contributed by atoms with Gasteiger partial charge in [-0.2, -0.15) is 0 Å². The molecule has 2 atom stereocenters. The van der Waals surface area contributed by atoms with Crippen LogP contribution in [0.25, 0.3) is 0 Å². The van der Waals surface area contributed by atoms with Crippen molar-refractivity contribution in [3.63, 3.8) is 0 Å². The monoisotopic (exact) mass is 315 g/mol. The molecule has 0 saturated carbocycles. The quantitative estimate of drug-likeness (QED) is 0.856. The van der Waals surface area contributed by atoms with E-state index < -0.39 is 6.04 Å². The number of ether oxygens (including phenoxy) is 1. The molecule has 1 aromatic carbocycles. The van der Waals surface area contributed by atoms with Crippen molar-refractivity contribution in [3.8, 4) is 0 Å². The van der Waals surface area contributed by atoms with E-state index in [1.807, 2.05) is 30.3 Å². The van der Waals surface area contributed by atoms with Crippen LogP contribution in [0.15, 0.2) is 40.9 Å². The molecule has 1 aliphatic rings. The fourth-order valence-corrected chi connectivity index (χ4v) is 2.69. The van der Waals surface area contributed by atoms with Crippen LogP contribution < -0.4 is 10.6 Å². The number of carbonyl (C=O) groups is 1. The molecule has 122 valence electrons. The highest BCUT2D eigenvalue weighted by Crippen LogP contribution is 2.18. The molecule has 2 N–H and O–H groups in total. The molecule has 2 aromatic rings. The number of benzene rings is 1. The molecule has 6 nitrogen and oxygen atoms in total. The van der Waals surface area contributed by atoms with Gasteiger partial charge >= 0.3 is 0 Å². The van der Waals surface area contributed by atoms with E-state index in [4.69, 9.17) is 9.26 Å². The lowest BCUT2D eigenvalue weighted by Gasteiger charge is -2.20. The molecule has 0 radical (unpaired) electrons. The number of nitrogens with one attached hydrogen (secondary N) is 2. The SMILES string of the molecule is Cc1cc(NC(=O)C(NCC2CCCO2)c2ccccc2)no1. The van der Waals surface area contributed by atoms with Crippen LogP contribution in [0.4, 0.5) is 5.82 Å². The second-order valence-electron chi connectivity index (χ2n) is 5.70. The molecule has 1 aromatic heterocycles. The van der Waals surface area contributed by atoms with Crippen LogP contribution in [0.2, 0.25) is 0 Å². The Bertz CT molecular complexity index is 636. The molecular weight excluding hydrogens is 294 g/mol. The number of anilines is 1. The Hall–Kier alpha value is -2.18. The van der Waals surface area contributed by atoms with Crippen LogP contribution in [0.5, 0.6) is 0 Å². The van der Waals surface area contributed by atoms with Crippen molar-refractivity contribution in [2.24, 2.45) is 0 Å². The van der Waals surface area contributed by atoms with E-state index in [1.165, 1.54) is 0 Å². The normalized spacial score (nSPS) is 18.7. The van der Waals surface area contributed by atoms with E-state index in [0.717, 1.165) is 25.0 Å². The number of aromatic nitrogens is 1. The molecule has 1 fully saturated rings. The molecular formula is C17H21N3O3. The molecule has 6 heteroatoms. The number of rotatable bonds is 6. The van der Waals surface area contributed by atoms with Crippen LogP contribution in [0.3, 0.4) is 0 Å². The Morgan fingerprint density at radius 1 is 1.39 bits per heavy atom. The smallest absolute Gasteiger partial charge is 0.247 e. The largest absolute Gasteiger partial charge is 0.377 e. The van der Waals surface area contributed by atoms with Crippen LogP contribution in [0.1, 0.15) is 30.2 Å². The first kappa shape index (κ1) is 15.7. The fraction of sp³-hybridized carbons (Fsp3) is 0.412. The highest BCUT2D eigenvalue weighted by molar-refractivity contribution is 5.94. The van der Waals surface area contributed by atoms with Gasteiger partial charge in [-0.3, -0.25) is 10.1 Å². The molecule has 0 bridgehead atoms. The van der Waals surface area contributed by atoms with Crippen molar-refractivity contribution < 1.29 is 14.1 Å². The zero-order valence-electron chi connectivity index (χ0n) is 13.1. The Morgan fingerprint density at radius 3 is 2.87 bits per heavy atom. The number of nitrogens with zero attached hydrogens (tertiary/aromatic N) is 1. The van der Waals surface area contributed by atoms with Crippen molar-refractivity contribution in [2.45, 2.75) is 31.9 Å². The predicted molar refractivity (Wildman–Crippen MR) is 86.0 cm³/mol. The Morgan fingerprint density at radius 2 is 2.22 bits per heavy atom. The van der Waals surface area contributed by atoms with E-state index in [1.54, 1.807) is 13.0 Å². The van der Waals surface area contributed by atoms with Gasteiger partial charge in [0.2, 0.25) is 5.91 Å². The van der Waals surface area contributed by atoms with Crippen molar-refractivity contribution in [3.05, 3.63) is 47.7 Å². The molecule has 3 rings (SSSR count). The summed E-state index contributed by atoms with van der Waals surface area (Å²) in [5.74, 6) is 0.915. The molecule has 0 aliphatic carbocycles. The lowest BCUT2D eigenvalue weighted by molar-refractivity contribution is -0.118. The molecule has 0 spiro atoms. The lowest BCUT2D eigenvalue weighted by atomic mass is 10.1. The summed E-state index contributed by atoms with van der Waals surface area (Å²) < 4.78 is 10.6. The third kappa shape index (κ3) is 4.18. The summed E-state index contributed by atoms with van der Waals surface area (Å²) in [4.78, 5) is 12.6. The van der Waals surface area contributed by atoms with E-state index in [2.05, 4.69) is 15.8 Å². The topological polar surface area (TPSA) is 76.4 Å². The van der Waals surface area contributed by atoms with Crippen molar-refractivity contribution in [2.75, 3.05) is 18.5 Å². The van der Waals surface area contributed by atoms with Crippen molar-refractivity contribution >= 4 is 11.7 Å². The average molecular weight is 315 g/mol. The Balaban J connectivity index is 1.69. The van der Waals surface area contributed by atoms with Gasteiger partial charge in [0, 0.05) is 19.2 Å². The molecule has 1 amide bonds. The summed E-state index contributed by atoms with van der Waals surface area (Å²) in [7, 11) is 0. The van der Waals surface area contributed by atoms with Gasteiger partial charge in [-0.25, -0.2) is 0 Å². The van der Waals surface area contributed by atoms with Crippen LogP contribution in [0, 0.1) is 6.92 Å². The number of carbonyl (C=O) groups excluding carboxylic acids is 1. The van der Waals surface area contributed by atoms with Gasteiger partial charge in [0.25, 0.3) is 0 Å². The maximum atomic E-state index is 12.6. The molecule has 2 heterocycles. The van der Waals surface area contributed by atoms with Crippen LogP contribution >= 0.6 is 0 Å². The van der Waals surface area contributed by atoms with Gasteiger partial charge in [-0.05, 0) is 25.3 Å². The maximum absolute atomic E-state index is 12.6. The first-order chi connectivity index (χ1) is 11.2. The zero-order chi connectivity index (χ0) is 16.1. The van der Waals surface area contributed by atoms with Gasteiger partial charge in [0.1, 0.15) is 11.8 Å². The minimum Gasteiger partial charge on any atom is -0.377 e. The number of aryl methyl sites for hydroxylation is 1. The van der Waals surface area contributed by atoms with Crippen molar-refractivity contribution in [1.29, 1.82) is 0 Å². The minimum absolute atomic E-state index is 0.164. The highest BCUT2D eigenvalue weighted by atomic mass is 16.5. The highest BCUT2D eigenvalue weighted by Gasteiger charge is 2.24. The lowest BCUT2D eigenvalue weighted by Crippen LogP contribution is -2.37. The summed E-state index contributed by atoms with van der Waals surface area (Å²) in [5, 5.41) is 9.91. The third-order valence-corrected chi connectivity index (χ3v) is 3.85. The average Bonchev–Trinajstić information content (AvgIpc) is 3.20. The maximum Gasteiger partial charge on any atom is 0.247 e. The Kier molecular flexibility index (Phi) is 5.05. The standard InChI is InChI=1S/C17H21N3O3/c1-12-10-15(20-23-12)19-17(21)16(13-6-3-2-4-7-13)18-11-14-8-5-9-22-14/h2-4,6-7,10,14,16,18H,5,8-9,11H2,1H3,(H,19,20,21). The van der Waals surface area contributed by atoms with Crippen LogP contribution in [-0.4, -0.2) is 30.3 Å². The summed E-state index contributed by atoms with van der Waals surface area (Å²) in [6, 6.07) is 10.9. The van der Waals surface area contributed by atoms with Gasteiger partial charge in [0.05, 0.1) is 6.10 Å². The van der Waals surface area contributed by atoms with E-state index in [-0.39, 0.29) is 12.0 Å². The number of amides is 1. The second-order valence-corrected chi connectivity index (χ2v) is 5.70. The zero-order valence-corrected chi connectivity index (χ0v) is 13.1. The summed E-state index contributed by atoms with van der Waals surface area (Å²) in [6.45, 7) is 3.23. The number of hydrogen-bond acceptors (Lipinski definition) is 5. The summed E-state index contributed by atoms with van der Waals surface area (Å²) in [5.41, 5.74) is 0.906. The minimum atomic E-state index is -0.461. The van der Waals surface area contributed by atoms with Crippen LogP contribution in [-0.2, 0) is 9.53 Å². The van der Waals surface area contributed by atoms with Gasteiger partial charge in [-0.15, -0.1) is 0 Å². The number of hydrogen-bond donors (Lipinski definition) is 2. The summed E-state index contributed by atoms with van der Waals surface area (Å²) in [6.07, 6.45) is 2.27. The molecule has 23 heavy (non-hydrogen) atoms. The second kappa shape index (κ2) is 7.39. The van der Waals surface area contributed by atoms with E-state index in [9.17, 15) is 4.79 Å². The Labute approximate surface area is 135 Å². The molecule has 1 aliphatic heterocycles. The summed E-state index contributed by atoms with van der Waals surface area (Å²) >= 11 is 0. The van der Waals surface area contributed by atoms with E-state index >= 15 is 0 Å². The predicted octanol–water partition coefficient (Wildman–Crippen LogP) is 2.43. The first-order valence-corrected chi connectivity index (χ1v) is 7.86. The third-order valence-electron chi connectivity index (χ3n) is 3.85. The first-order valence-electron chi connectivity index (χ1n) is 7.86. The van der Waals surface area contributed by atoms with Gasteiger partial charge in [0.15, 0.2) is 5.82 Å². The van der Waals surface area contributed by atoms with E-state index in [0.29, 0.717) is 18.1 Å². The molecule has 1 saturated heterocycles. The molecule has 2 unspecified atom stereocenters. The van der Waals surface area contributed by atoms with Crippen molar-refractivity contribution in [1.82, 2.24) is 10.5 Å². The van der Waals surface area contributed by atoms with Gasteiger partial charge < -0.3 is 14.6 Å². The fourth-order valence-electron chi connectivity index (χ4n) is 2.69. The van der Waals surface area contributed by atoms with Gasteiger partial charge in [-0.1, -0.05) is 35.5 Å².